The number of hydrogen-bond donors (Lipinski definition) is 1. The molecule has 4 heteroatoms. The Labute approximate surface area is 108 Å². The molecule has 0 saturated heterocycles. The molecule has 0 aliphatic rings. The summed E-state index contributed by atoms with van der Waals surface area (Å²) in [6.07, 6.45) is 1.76. The van der Waals surface area contributed by atoms with Crippen molar-refractivity contribution in [3.8, 4) is 0 Å². The highest BCUT2D eigenvalue weighted by molar-refractivity contribution is 5.20. The number of benzene rings is 1. The molecule has 0 spiro atoms. The SMILES string of the molecule is CCCCOCCOC(CN)c1ccccc1F. The summed E-state index contributed by atoms with van der Waals surface area (Å²) in [7, 11) is 0. The first-order valence-corrected chi connectivity index (χ1v) is 6.43. The normalized spacial score (nSPS) is 12.6. The molecule has 0 fully saturated rings. The van der Waals surface area contributed by atoms with Gasteiger partial charge in [-0.15, -0.1) is 0 Å². The van der Waals surface area contributed by atoms with Crippen molar-refractivity contribution in [3.63, 3.8) is 0 Å². The maximum absolute atomic E-state index is 13.5. The van der Waals surface area contributed by atoms with Gasteiger partial charge in [-0.3, -0.25) is 0 Å². The fourth-order valence-electron chi connectivity index (χ4n) is 1.62. The zero-order valence-electron chi connectivity index (χ0n) is 10.9. The first-order chi connectivity index (χ1) is 8.79. The quantitative estimate of drug-likeness (QED) is 0.690. The van der Waals surface area contributed by atoms with Gasteiger partial charge in [-0.2, -0.15) is 0 Å². The fourth-order valence-corrected chi connectivity index (χ4v) is 1.62. The summed E-state index contributed by atoms with van der Waals surface area (Å²) in [5, 5.41) is 0. The Bertz CT molecular complexity index is 333. The van der Waals surface area contributed by atoms with Crippen molar-refractivity contribution in [3.05, 3.63) is 35.6 Å². The zero-order chi connectivity index (χ0) is 13.2. The molecule has 1 aromatic rings. The minimum atomic E-state index is -0.402. The van der Waals surface area contributed by atoms with E-state index in [9.17, 15) is 4.39 Å². The molecule has 1 rings (SSSR count). The van der Waals surface area contributed by atoms with Crippen LogP contribution in [0.2, 0.25) is 0 Å². The van der Waals surface area contributed by atoms with Crippen LogP contribution in [0, 0.1) is 5.82 Å². The van der Waals surface area contributed by atoms with Gasteiger partial charge < -0.3 is 15.2 Å². The molecule has 0 aliphatic carbocycles. The van der Waals surface area contributed by atoms with Crippen LogP contribution in [0.3, 0.4) is 0 Å². The molecule has 0 bridgehead atoms. The molecule has 0 radical (unpaired) electrons. The van der Waals surface area contributed by atoms with E-state index < -0.39 is 6.10 Å². The van der Waals surface area contributed by atoms with Crippen LogP contribution in [0.15, 0.2) is 24.3 Å². The van der Waals surface area contributed by atoms with E-state index in [0.29, 0.717) is 18.8 Å². The predicted molar refractivity (Wildman–Crippen MR) is 69.9 cm³/mol. The van der Waals surface area contributed by atoms with Crippen LogP contribution < -0.4 is 5.73 Å². The third kappa shape index (κ3) is 5.12. The van der Waals surface area contributed by atoms with Gasteiger partial charge >= 0.3 is 0 Å². The van der Waals surface area contributed by atoms with Crippen molar-refractivity contribution in [2.45, 2.75) is 25.9 Å². The van der Waals surface area contributed by atoms with Crippen molar-refractivity contribution in [2.75, 3.05) is 26.4 Å². The van der Waals surface area contributed by atoms with Crippen LogP contribution in [0.1, 0.15) is 31.4 Å². The Hall–Kier alpha value is -0.970. The van der Waals surface area contributed by atoms with Crippen molar-refractivity contribution in [2.24, 2.45) is 5.73 Å². The molecular weight excluding hydrogens is 233 g/mol. The molecule has 102 valence electrons. The van der Waals surface area contributed by atoms with E-state index in [2.05, 4.69) is 6.92 Å². The minimum absolute atomic E-state index is 0.260. The van der Waals surface area contributed by atoms with Crippen LogP contribution in [0.25, 0.3) is 0 Å². The van der Waals surface area contributed by atoms with Crippen LogP contribution in [0.5, 0.6) is 0 Å². The van der Waals surface area contributed by atoms with Gasteiger partial charge in [0.25, 0.3) is 0 Å². The molecule has 2 N–H and O–H groups in total. The van der Waals surface area contributed by atoms with E-state index in [1.54, 1.807) is 18.2 Å². The van der Waals surface area contributed by atoms with E-state index >= 15 is 0 Å². The lowest BCUT2D eigenvalue weighted by molar-refractivity contribution is 0.00564. The molecule has 3 nitrogen and oxygen atoms in total. The van der Waals surface area contributed by atoms with Gasteiger partial charge in [0.05, 0.1) is 19.3 Å². The highest BCUT2D eigenvalue weighted by atomic mass is 19.1. The average Bonchev–Trinajstić information content (AvgIpc) is 2.39. The first kappa shape index (κ1) is 15.1. The molecule has 1 atom stereocenters. The van der Waals surface area contributed by atoms with E-state index in [1.807, 2.05) is 0 Å². The number of rotatable bonds is 9. The van der Waals surface area contributed by atoms with Gasteiger partial charge in [0.15, 0.2) is 0 Å². The lowest BCUT2D eigenvalue weighted by Gasteiger charge is -2.17. The number of halogens is 1. The molecule has 0 heterocycles. The van der Waals surface area contributed by atoms with E-state index in [-0.39, 0.29) is 12.4 Å². The van der Waals surface area contributed by atoms with Gasteiger partial charge in [-0.05, 0) is 12.5 Å². The lowest BCUT2D eigenvalue weighted by Crippen LogP contribution is -2.19. The van der Waals surface area contributed by atoms with E-state index in [4.69, 9.17) is 15.2 Å². The van der Waals surface area contributed by atoms with Crippen LogP contribution in [-0.4, -0.2) is 26.4 Å². The van der Waals surface area contributed by atoms with Crippen molar-refractivity contribution >= 4 is 0 Å². The molecule has 0 saturated carbocycles. The summed E-state index contributed by atoms with van der Waals surface area (Å²) >= 11 is 0. The van der Waals surface area contributed by atoms with Crippen LogP contribution >= 0.6 is 0 Å². The van der Waals surface area contributed by atoms with Crippen LogP contribution in [-0.2, 0) is 9.47 Å². The molecule has 1 aromatic carbocycles. The van der Waals surface area contributed by atoms with Gasteiger partial charge in [-0.25, -0.2) is 4.39 Å². The highest BCUT2D eigenvalue weighted by Crippen LogP contribution is 2.19. The Morgan fingerprint density at radius 1 is 1.22 bits per heavy atom. The minimum Gasteiger partial charge on any atom is -0.379 e. The summed E-state index contributed by atoms with van der Waals surface area (Å²) in [6.45, 7) is 4.07. The second-order valence-corrected chi connectivity index (χ2v) is 4.08. The molecular formula is C14H22FNO2. The second-order valence-electron chi connectivity index (χ2n) is 4.08. The highest BCUT2D eigenvalue weighted by Gasteiger charge is 2.13. The molecule has 0 aliphatic heterocycles. The third-order valence-corrected chi connectivity index (χ3v) is 2.66. The smallest absolute Gasteiger partial charge is 0.129 e. The standard InChI is InChI=1S/C14H22FNO2/c1-2-3-8-17-9-10-18-14(11-16)12-6-4-5-7-13(12)15/h4-7,14H,2-3,8-11,16H2,1H3. The largest absolute Gasteiger partial charge is 0.379 e. The van der Waals surface area contributed by atoms with Gasteiger partial charge in [0.2, 0.25) is 0 Å². The zero-order valence-corrected chi connectivity index (χ0v) is 10.9. The summed E-state index contributed by atoms with van der Waals surface area (Å²) < 4.78 is 24.5. The maximum Gasteiger partial charge on any atom is 0.129 e. The Balaban J connectivity index is 2.32. The van der Waals surface area contributed by atoms with Crippen molar-refractivity contribution in [1.82, 2.24) is 0 Å². The molecule has 18 heavy (non-hydrogen) atoms. The summed E-state index contributed by atoms with van der Waals surface area (Å²) in [5.41, 5.74) is 6.11. The maximum atomic E-state index is 13.5. The Kier molecular flexibility index (Phi) is 7.57. The second kappa shape index (κ2) is 9.03. The monoisotopic (exact) mass is 255 g/mol. The lowest BCUT2D eigenvalue weighted by atomic mass is 10.1. The number of hydrogen-bond acceptors (Lipinski definition) is 3. The Morgan fingerprint density at radius 3 is 2.67 bits per heavy atom. The molecule has 1 unspecified atom stereocenters. The average molecular weight is 255 g/mol. The van der Waals surface area contributed by atoms with E-state index in [0.717, 1.165) is 19.4 Å². The van der Waals surface area contributed by atoms with Gasteiger partial charge in [0, 0.05) is 18.7 Å². The number of unbranched alkanes of at least 4 members (excludes halogenated alkanes) is 1. The molecule has 0 aromatic heterocycles. The summed E-state index contributed by atoms with van der Waals surface area (Å²) in [6, 6.07) is 6.55. The first-order valence-electron chi connectivity index (χ1n) is 6.43. The summed E-state index contributed by atoms with van der Waals surface area (Å²) in [5.74, 6) is -0.278. The topological polar surface area (TPSA) is 44.5 Å². The third-order valence-electron chi connectivity index (χ3n) is 2.66. The van der Waals surface area contributed by atoms with E-state index in [1.165, 1.54) is 6.07 Å². The van der Waals surface area contributed by atoms with Crippen molar-refractivity contribution in [1.29, 1.82) is 0 Å². The van der Waals surface area contributed by atoms with Crippen LogP contribution in [0.4, 0.5) is 4.39 Å². The van der Waals surface area contributed by atoms with Gasteiger partial charge in [-0.1, -0.05) is 31.5 Å². The van der Waals surface area contributed by atoms with Gasteiger partial charge in [0.1, 0.15) is 5.82 Å². The summed E-state index contributed by atoms with van der Waals surface area (Å²) in [4.78, 5) is 0. The Morgan fingerprint density at radius 2 is 2.00 bits per heavy atom. The number of nitrogens with two attached hydrogens (primary N) is 1. The van der Waals surface area contributed by atoms with Crippen molar-refractivity contribution < 1.29 is 13.9 Å². The molecule has 0 amide bonds. The fraction of sp³-hybridized carbons (Fsp3) is 0.571. The number of ether oxygens (including phenoxy) is 2. The predicted octanol–water partition coefficient (Wildman–Crippen LogP) is 2.66.